The van der Waals surface area contributed by atoms with Crippen molar-refractivity contribution in [2.24, 2.45) is 5.92 Å². The van der Waals surface area contributed by atoms with Gasteiger partial charge >= 0.3 is 0 Å². The van der Waals surface area contributed by atoms with Crippen LogP contribution in [0.3, 0.4) is 0 Å². The second-order valence-electron chi connectivity index (χ2n) is 4.64. The minimum Gasteiger partial charge on any atom is -0.396 e. The highest BCUT2D eigenvalue weighted by Crippen LogP contribution is 2.18. The predicted molar refractivity (Wildman–Crippen MR) is 76.4 cm³/mol. The number of hydrogen-bond acceptors (Lipinski definition) is 2. The highest BCUT2D eigenvalue weighted by molar-refractivity contribution is 9.10. The predicted octanol–water partition coefficient (Wildman–Crippen LogP) is 2.69. The molecule has 2 atom stereocenters. The second kappa shape index (κ2) is 7.54. The first-order valence-corrected chi connectivity index (χ1v) is 6.98. The van der Waals surface area contributed by atoms with Crippen molar-refractivity contribution in [3.8, 4) is 0 Å². The zero-order valence-corrected chi connectivity index (χ0v) is 12.4. The molecule has 0 aliphatic heterocycles. The first-order valence-electron chi connectivity index (χ1n) is 6.18. The third kappa shape index (κ3) is 4.78. The highest BCUT2D eigenvalue weighted by Gasteiger charge is 2.15. The first kappa shape index (κ1) is 15.2. The molecule has 0 radical (unpaired) electrons. The van der Waals surface area contributed by atoms with E-state index in [0.29, 0.717) is 18.9 Å². The largest absolute Gasteiger partial charge is 0.396 e. The van der Waals surface area contributed by atoms with Crippen LogP contribution < -0.4 is 5.32 Å². The molecular formula is C14H20BrNO2. The van der Waals surface area contributed by atoms with E-state index in [1.807, 2.05) is 38.1 Å². The molecule has 0 spiro atoms. The van der Waals surface area contributed by atoms with E-state index in [0.717, 1.165) is 10.0 Å². The van der Waals surface area contributed by atoms with Gasteiger partial charge in [0.25, 0.3) is 0 Å². The van der Waals surface area contributed by atoms with E-state index in [1.165, 1.54) is 0 Å². The van der Waals surface area contributed by atoms with Crippen LogP contribution in [0.25, 0.3) is 0 Å². The van der Waals surface area contributed by atoms with E-state index >= 15 is 0 Å². The second-order valence-corrected chi connectivity index (χ2v) is 5.55. The highest BCUT2D eigenvalue weighted by atomic mass is 79.9. The topological polar surface area (TPSA) is 49.3 Å². The van der Waals surface area contributed by atoms with Gasteiger partial charge in [-0.05, 0) is 37.0 Å². The molecule has 0 unspecified atom stereocenters. The van der Waals surface area contributed by atoms with Gasteiger partial charge in [0.15, 0.2) is 0 Å². The molecule has 0 aliphatic rings. The van der Waals surface area contributed by atoms with E-state index < -0.39 is 0 Å². The van der Waals surface area contributed by atoms with Gasteiger partial charge in [-0.3, -0.25) is 4.79 Å². The van der Waals surface area contributed by atoms with Crippen LogP contribution in [0.5, 0.6) is 0 Å². The number of rotatable bonds is 6. The number of aliphatic hydroxyl groups excluding tert-OH is 1. The summed E-state index contributed by atoms with van der Waals surface area (Å²) in [7, 11) is 0. The summed E-state index contributed by atoms with van der Waals surface area (Å²) in [5.74, 6) is 0.178. The molecule has 1 aromatic rings. The van der Waals surface area contributed by atoms with Crippen molar-refractivity contribution in [2.75, 3.05) is 13.2 Å². The van der Waals surface area contributed by atoms with Crippen molar-refractivity contribution in [3.63, 3.8) is 0 Å². The van der Waals surface area contributed by atoms with Crippen molar-refractivity contribution >= 4 is 21.8 Å². The fraction of sp³-hybridized carbons (Fsp3) is 0.500. The molecule has 0 bridgehead atoms. The molecule has 2 N–H and O–H groups in total. The zero-order chi connectivity index (χ0) is 13.5. The van der Waals surface area contributed by atoms with Gasteiger partial charge < -0.3 is 10.4 Å². The minimum absolute atomic E-state index is 0.0297. The Balaban J connectivity index is 2.48. The van der Waals surface area contributed by atoms with Gasteiger partial charge in [0.2, 0.25) is 5.91 Å². The Kier molecular flexibility index (Phi) is 6.36. The number of hydrogen-bond donors (Lipinski definition) is 2. The smallest absolute Gasteiger partial charge is 0.227 e. The van der Waals surface area contributed by atoms with E-state index in [2.05, 4.69) is 21.2 Å². The normalized spacial score (nSPS) is 14.0. The van der Waals surface area contributed by atoms with Crippen molar-refractivity contribution in [2.45, 2.75) is 26.2 Å². The number of carbonyl (C=O) groups is 1. The first-order chi connectivity index (χ1) is 8.54. The van der Waals surface area contributed by atoms with Gasteiger partial charge in [-0.25, -0.2) is 0 Å². The zero-order valence-electron chi connectivity index (χ0n) is 10.8. The summed E-state index contributed by atoms with van der Waals surface area (Å²) in [5.41, 5.74) is 1.01. The molecule has 0 saturated carbocycles. The van der Waals surface area contributed by atoms with Crippen molar-refractivity contribution in [1.29, 1.82) is 0 Å². The van der Waals surface area contributed by atoms with Gasteiger partial charge in [0.05, 0.1) is 5.92 Å². The Morgan fingerprint density at radius 1 is 1.33 bits per heavy atom. The lowest BCUT2D eigenvalue weighted by Crippen LogP contribution is -2.32. The molecule has 0 heterocycles. The third-order valence-electron chi connectivity index (χ3n) is 3.01. The third-order valence-corrected chi connectivity index (χ3v) is 3.54. The number of amides is 1. The lowest BCUT2D eigenvalue weighted by atomic mass is 10.00. The van der Waals surface area contributed by atoms with Crippen molar-refractivity contribution in [1.82, 2.24) is 5.32 Å². The summed E-state index contributed by atoms with van der Waals surface area (Å²) in [6.07, 6.45) is 0.715. The monoisotopic (exact) mass is 313 g/mol. The van der Waals surface area contributed by atoms with Crippen LogP contribution in [0.15, 0.2) is 28.7 Å². The summed E-state index contributed by atoms with van der Waals surface area (Å²) < 4.78 is 1.01. The molecule has 1 aromatic carbocycles. The molecule has 3 nitrogen and oxygen atoms in total. The molecule has 0 aliphatic carbocycles. The van der Waals surface area contributed by atoms with E-state index in [9.17, 15) is 4.79 Å². The van der Waals surface area contributed by atoms with Gasteiger partial charge in [-0.2, -0.15) is 0 Å². The van der Waals surface area contributed by atoms with Gasteiger partial charge in [-0.15, -0.1) is 0 Å². The Morgan fingerprint density at radius 2 is 1.94 bits per heavy atom. The summed E-state index contributed by atoms with van der Waals surface area (Å²) >= 11 is 3.37. The molecule has 18 heavy (non-hydrogen) atoms. The van der Waals surface area contributed by atoms with Crippen LogP contribution in [0, 0.1) is 5.92 Å². The molecular weight excluding hydrogens is 294 g/mol. The number of benzene rings is 1. The average Bonchev–Trinajstić information content (AvgIpc) is 2.36. The van der Waals surface area contributed by atoms with Crippen LogP contribution >= 0.6 is 15.9 Å². The van der Waals surface area contributed by atoms with Gasteiger partial charge in [0, 0.05) is 17.6 Å². The maximum Gasteiger partial charge on any atom is 0.227 e. The number of aliphatic hydroxyl groups is 1. The SMILES string of the molecule is C[C@@H](CCO)CNC(=O)[C@@H](C)c1ccc(Br)cc1. The summed E-state index contributed by atoms with van der Waals surface area (Å²) in [5, 5.41) is 11.7. The average molecular weight is 314 g/mol. The van der Waals surface area contributed by atoms with Crippen molar-refractivity contribution < 1.29 is 9.90 Å². The minimum atomic E-state index is -0.153. The van der Waals surface area contributed by atoms with Crippen LogP contribution in [0.1, 0.15) is 31.7 Å². The Hall–Kier alpha value is -0.870. The molecule has 0 saturated heterocycles. The lowest BCUT2D eigenvalue weighted by molar-refractivity contribution is -0.122. The molecule has 4 heteroatoms. The molecule has 0 aromatic heterocycles. The Labute approximate surface area is 117 Å². The van der Waals surface area contributed by atoms with E-state index in [-0.39, 0.29) is 18.4 Å². The van der Waals surface area contributed by atoms with Gasteiger partial charge in [0.1, 0.15) is 0 Å². The Bertz CT molecular complexity index is 378. The molecule has 1 rings (SSSR count). The summed E-state index contributed by atoms with van der Waals surface area (Å²) in [6.45, 7) is 4.69. The quantitative estimate of drug-likeness (QED) is 0.848. The van der Waals surface area contributed by atoms with E-state index in [1.54, 1.807) is 0 Å². The van der Waals surface area contributed by atoms with Crippen LogP contribution in [0.2, 0.25) is 0 Å². The standard InChI is InChI=1S/C14H20BrNO2/c1-10(7-8-17)9-16-14(18)11(2)12-3-5-13(15)6-4-12/h3-6,10-11,17H,7-9H2,1-2H3,(H,16,18)/t10-,11-/m0/s1. The fourth-order valence-electron chi connectivity index (χ4n) is 1.65. The van der Waals surface area contributed by atoms with Gasteiger partial charge in [-0.1, -0.05) is 35.0 Å². The molecule has 100 valence electrons. The van der Waals surface area contributed by atoms with Crippen LogP contribution in [-0.4, -0.2) is 24.2 Å². The number of carbonyl (C=O) groups excluding carboxylic acids is 1. The van der Waals surface area contributed by atoms with Crippen molar-refractivity contribution in [3.05, 3.63) is 34.3 Å². The summed E-state index contributed by atoms with van der Waals surface area (Å²) in [6, 6.07) is 7.78. The van der Waals surface area contributed by atoms with Crippen LogP contribution in [-0.2, 0) is 4.79 Å². The number of halogens is 1. The van der Waals surface area contributed by atoms with E-state index in [4.69, 9.17) is 5.11 Å². The fourth-order valence-corrected chi connectivity index (χ4v) is 1.92. The lowest BCUT2D eigenvalue weighted by Gasteiger charge is -2.15. The van der Waals surface area contributed by atoms with Crippen LogP contribution in [0.4, 0.5) is 0 Å². The maximum absolute atomic E-state index is 12.0. The summed E-state index contributed by atoms with van der Waals surface area (Å²) in [4.78, 5) is 12.0. The molecule has 0 fully saturated rings. The Morgan fingerprint density at radius 3 is 2.50 bits per heavy atom. The number of nitrogens with one attached hydrogen (secondary N) is 1. The molecule has 1 amide bonds. The maximum atomic E-state index is 12.0.